The van der Waals surface area contributed by atoms with Crippen molar-refractivity contribution in [3.8, 4) is 0 Å². The zero-order valence-electron chi connectivity index (χ0n) is 5.06. The van der Waals surface area contributed by atoms with Gasteiger partial charge in [0.2, 0.25) is 5.83 Å². The highest BCUT2D eigenvalue weighted by atomic mass is 19.1. The Balaban J connectivity index is 3.74. The first-order valence-corrected chi connectivity index (χ1v) is 2.47. The Morgan fingerprint density at radius 2 is 2.44 bits per heavy atom. The maximum Gasteiger partial charge on any atom is 0.368 e. The fraction of sp³-hybridized carbons (Fsp3) is 0.400. The Morgan fingerprint density at radius 3 is 2.78 bits per heavy atom. The van der Waals surface area contributed by atoms with E-state index in [1.165, 1.54) is 0 Å². The van der Waals surface area contributed by atoms with Crippen LogP contribution >= 0.6 is 0 Å². The maximum absolute atomic E-state index is 12.0. The Labute approximate surface area is 52.3 Å². The largest absolute Gasteiger partial charge is 0.461 e. The van der Waals surface area contributed by atoms with Gasteiger partial charge < -0.3 is 10.5 Å². The molecule has 0 fully saturated rings. The van der Waals surface area contributed by atoms with Crippen molar-refractivity contribution in [2.24, 2.45) is 5.73 Å². The molecule has 9 heavy (non-hydrogen) atoms. The molecule has 0 aliphatic carbocycles. The molecule has 0 saturated heterocycles. The molecule has 0 unspecified atom stereocenters. The SMILES string of the molecule is CCOC(=O)/C(F)=C/N. The number of halogens is 1. The van der Waals surface area contributed by atoms with Crippen LogP contribution in [0, 0.1) is 0 Å². The van der Waals surface area contributed by atoms with E-state index in [0.717, 1.165) is 0 Å². The van der Waals surface area contributed by atoms with Crippen molar-refractivity contribution >= 4 is 5.97 Å². The monoisotopic (exact) mass is 133 g/mol. The van der Waals surface area contributed by atoms with E-state index in [-0.39, 0.29) is 6.61 Å². The maximum atomic E-state index is 12.0. The van der Waals surface area contributed by atoms with Gasteiger partial charge in [0.1, 0.15) is 0 Å². The lowest BCUT2D eigenvalue weighted by atomic mass is 10.6. The van der Waals surface area contributed by atoms with Gasteiger partial charge in [-0.1, -0.05) is 0 Å². The quantitative estimate of drug-likeness (QED) is 0.436. The minimum absolute atomic E-state index is 0.153. The van der Waals surface area contributed by atoms with Crippen LogP contribution in [0.3, 0.4) is 0 Å². The fourth-order valence-electron chi connectivity index (χ4n) is 0.268. The lowest BCUT2D eigenvalue weighted by molar-refractivity contribution is -0.140. The summed E-state index contributed by atoms with van der Waals surface area (Å²) in [5.41, 5.74) is 4.67. The zero-order valence-corrected chi connectivity index (χ0v) is 5.06. The van der Waals surface area contributed by atoms with E-state index < -0.39 is 11.8 Å². The van der Waals surface area contributed by atoms with Crippen LogP contribution in [-0.4, -0.2) is 12.6 Å². The summed E-state index contributed by atoms with van der Waals surface area (Å²) in [5.74, 6) is -2.07. The molecule has 0 rings (SSSR count). The van der Waals surface area contributed by atoms with Gasteiger partial charge in [-0.15, -0.1) is 0 Å². The van der Waals surface area contributed by atoms with E-state index >= 15 is 0 Å². The van der Waals surface area contributed by atoms with E-state index in [4.69, 9.17) is 0 Å². The summed E-state index contributed by atoms with van der Waals surface area (Å²) < 4.78 is 16.2. The van der Waals surface area contributed by atoms with Crippen LogP contribution in [0.5, 0.6) is 0 Å². The van der Waals surface area contributed by atoms with Crippen LogP contribution in [0.15, 0.2) is 12.0 Å². The third-order valence-electron chi connectivity index (χ3n) is 0.617. The Bertz CT molecular complexity index is 133. The molecule has 0 atom stereocenters. The molecular weight excluding hydrogens is 125 g/mol. The molecule has 0 saturated carbocycles. The molecule has 0 spiro atoms. The van der Waals surface area contributed by atoms with Gasteiger partial charge in [0.25, 0.3) is 0 Å². The van der Waals surface area contributed by atoms with Crippen molar-refractivity contribution in [1.82, 2.24) is 0 Å². The molecule has 0 radical (unpaired) electrons. The van der Waals surface area contributed by atoms with Crippen LogP contribution in [0.1, 0.15) is 6.92 Å². The minimum Gasteiger partial charge on any atom is -0.461 e. The van der Waals surface area contributed by atoms with Crippen molar-refractivity contribution in [1.29, 1.82) is 0 Å². The Kier molecular flexibility index (Phi) is 3.43. The first-order valence-electron chi connectivity index (χ1n) is 2.47. The molecule has 0 aromatic rings. The highest BCUT2D eigenvalue weighted by Gasteiger charge is 2.06. The highest BCUT2D eigenvalue weighted by molar-refractivity contribution is 5.85. The number of ether oxygens (including phenoxy) is 1. The highest BCUT2D eigenvalue weighted by Crippen LogP contribution is 1.95. The third kappa shape index (κ3) is 2.69. The van der Waals surface area contributed by atoms with Crippen molar-refractivity contribution in [3.05, 3.63) is 12.0 Å². The molecule has 0 aliphatic rings. The number of carbonyl (C=O) groups excluding carboxylic acids is 1. The first kappa shape index (κ1) is 7.94. The molecule has 0 amide bonds. The van der Waals surface area contributed by atoms with Crippen molar-refractivity contribution < 1.29 is 13.9 Å². The standard InChI is InChI=1S/C5H8FNO2/c1-2-9-5(8)4(6)3-7/h3H,2,7H2,1H3/b4-3-. The predicted octanol–water partition coefficient (Wildman–Crippen LogP) is 0.319. The first-order chi connectivity index (χ1) is 4.22. The molecule has 0 bridgehead atoms. The molecule has 2 N–H and O–H groups in total. The minimum atomic E-state index is -1.06. The number of hydrogen-bond acceptors (Lipinski definition) is 3. The van der Waals surface area contributed by atoms with E-state index in [1.54, 1.807) is 6.92 Å². The van der Waals surface area contributed by atoms with E-state index in [1.807, 2.05) is 0 Å². The number of rotatable bonds is 2. The zero-order chi connectivity index (χ0) is 7.28. The van der Waals surface area contributed by atoms with Crippen molar-refractivity contribution in [2.75, 3.05) is 6.61 Å². The van der Waals surface area contributed by atoms with Gasteiger partial charge >= 0.3 is 5.97 Å². The molecule has 0 heterocycles. The lowest BCUT2D eigenvalue weighted by Gasteiger charge is -1.95. The van der Waals surface area contributed by atoms with Crippen LogP contribution in [0.4, 0.5) is 4.39 Å². The Hall–Kier alpha value is -1.06. The van der Waals surface area contributed by atoms with Gasteiger partial charge in [0.15, 0.2) is 0 Å². The normalized spacial score (nSPS) is 11.1. The van der Waals surface area contributed by atoms with Crippen LogP contribution in [0.2, 0.25) is 0 Å². The number of nitrogens with two attached hydrogens (primary N) is 1. The number of hydrogen-bond donors (Lipinski definition) is 1. The van der Waals surface area contributed by atoms with Gasteiger partial charge in [0, 0.05) is 6.20 Å². The molecule has 52 valence electrons. The summed E-state index contributed by atoms with van der Waals surface area (Å²) in [4.78, 5) is 10.2. The smallest absolute Gasteiger partial charge is 0.368 e. The third-order valence-corrected chi connectivity index (χ3v) is 0.617. The molecule has 0 aliphatic heterocycles. The number of carbonyl (C=O) groups is 1. The van der Waals surface area contributed by atoms with Crippen LogP contribution in [0.25, 0.3) is 0 Å². The lowest BCUT2D eigenvalue weighted by Crippen LogP contribution is -2.05. The fourth-order valence-corrected chi connectivity index (χ4v) is 0.268. The van der Waals surface area contributed by atoms with Gasteiger partial charge in [-0.2, -0.15) is 4.39 Å². The molecule has 4 heteroatoms. The van der Waals surface area contributed by atoms with E-state index in [2.05, 4.69) is 10.5 Å². The van der Waals surface area contributed by atoms with Crippen LogP contribution < -0.4 is 5.73 Å². The van der Waals surface area contributed by atoms with Gasteiger partial charge in [-0.3, -0.25) is 0 Å². The van der Waals surface area contributed by atoms with Crippen molar-refractivity contribution in [2.45, 2.75) is 6.92 Å². The summed E-state index contributed by atoms with van der Waals surface area (Å²) in [5, 5.41) is 0. The Morgan fingerprint density at radius 1 is 1.89 bits per heavy atom. The second-order valence-corrected chi connectivity index (χ2v) is 1.24. The molecule has 0 aromatic carbocycles. The molecule has 0 aromatic heterocycles. The van der Waals surface area contributed by atoms with Crippen LogP contribution in [-0.2, 0) is 9.53 Å². The average Bonchev–Trinajstić information content (AvgIpc) is 1.87. The predicted molar refractivity (Wildman–Crippen MR) is 30.0 cm³/mol. The number of esters is 1. The second-order valence-electron chi connectivity index (χ2n) is 1.24. The molecular formula is C5H8FNO2. The average molecular weight is 133 g/mol. The van der Waals surface area contributed by atoms with E-state index in [0.29, 0.717) is 6.20 Å². The molecule has 3 nitrogen and oxygen atoms in total. The summed E-state index contributed by atoms with van der Waals surface area (Å²) in [6.45, 7) is 1.74. The van der Waals surface area contributed by atoms with Gasteiger partial charge in [-0.05, 0) is 6.92 Å². The summed E-state index contributed by atoms with van der Waals surface area (Å²) in [6.07, 6.45) is 0.567. The topological polar surface area (TPSA) is 52.3 Å². The van der Waals surface area contributed by atoms with E-state index in [9.17, 15) is 9.18 Å². The summed E-state index contributed by atoms with van der Waals surface area (Å²) in [7, 11) is 0. The van der Waals surface area contributed by atoms with Crippen molar-refractivity contribution in [3.63, 3.8) is 0 Å². The summed E-state index contributed by atoms with van der Waals surface area (Å²) >= 11 is 0. The van der Waals surface area contributed by atoms with Gasteiger partial charge in [-0.25, -0.2) is 4.79 Å². The second kappa shape index (κ2) is 3.88. The van der Waals surface area contributed by atoms with Gasteiger partial charge in [0.05, 0.1) is 6.61 Å². The summed E-state index contributed by atoms with van der Waals surface area (Å²) in [6, 6.07) is 0.